The SMILES string of the molecule is Cc1cc(N2CCN(Cc3ccccn3)CC2)ccc1-c1cn(CC2CCC(F)(F)CO2)nn1. The van der Waals surface area contributed by atoms with Crippen LogP contribution >= 0.6 is 0 Å². The number of hydrogen-bond donors (Lipinski definition) is 0. The van der Waals surface area contributed by atoms with E-state index in [1.165, 1.54) is 5.69 Å². The molecule has 2 aromatic heterocycles. The lowest BCUT2D eigenvalue weighted by Gasteiger charge is -2.36. The predicted octanol–water partition coefficient (Wildman–Crippen LogP) is 3.79. The van der Waals surface area contributed by atoms with Gasteiger partial charge in [0.1, 0.15) is 12.3 Å². The van der Waals surface area contributed by atoms with Gasteiger partial charge < -0.3 is 9.64 Å². The lowest BCUT2D eigenvalue weighted by atomic mass is 10.0. The smallest absolute Gasteiger partial charge is 0.271 e. The maximum atomic E-state index is 13.3. The summed E-state index contributed by atoms with van der Waals surface area (Å²) >= 11 is 0. The Morgan fingerprint density at radius 3 is 2.68 bits per heavy atom. The Balaban J connectivity index is 1.18. The molecule has 7 nitrogen and oxygen atoms in total. The van der Waals surface area contributed by atoms with Crippen LogP contribution in [0.5, 0.6) is 0 Å². The standard InChI is InChI=1S/C25H30F2N6O/c1-19-14-21(32-12-10-31(11-13-32)15-20-4-2-3-9-28-20)5-6-23(19)24-17-33(30-29-24)16-22-7-8-25(26,27)18-34-22/h2-6,9,14,17,22H,7-8,10-13,15-16,18H2,1H3. The molecule has 2 fully saturated rings. The van der Waals surface area contributed by atoms with E-state index in [0.717, 1.165) is 55.2 Å². The van der Waals surface area contributed by atoms with Crippen molar-refractivity contribution in [3.05, 3.63) is 60.0 Å². The summed E-state index contributed by atoms with van der Waals surface area (Å²) in [7, 11) is 0. The van der Waals surface area contributed by atoms with Gasteiger partial charge in [-0.2, -0.15) is 0 Å². The molecule has 1 unspecified atom stereocenters. The maximum absolute atomic E-state index is 13.3. The fourth-order valence-electron chi connectivity index (χ4n) is 4.65. The molecular weight excluding hydrogens is 438 g/mol. The second-order valence-corrected chi connectivity index (χ2v) is 9.24. The number of piperazine rings is 1. The lowest BCUT2D eigenvalue weighted by molar-refractivity contribution is -0.147. The Hall–Kier alpha value is -2.91. The minimum atomic E-state index is -2.71. The van der Waals surface area contributed by atoms with E-state index in [1.807, 2.05) is 24.5 Å². The number of benzene rings is 1. The topological polar surface area (TPSA) is 59.3 Å². The third-order valence-electron chi connectivity index (χ3n) is 6.63. The average Bonchev–Trinajstić information content (AvgIpc) is 3.30. The maximum Gasteiger partial charge on any atom is 0.271 e. The second kappa shape index (κ2) is 9.76. The molecule has 0 bridgehead atoms. The van der Waals surface area contributed by atoms with Gasteiger partial charge in [0.25, 0.3) is 5.92 Å². The van der Waals surface area contributed by atoms with Crippen LogP contribution in [-0.2, 0) is 17.8 Å². The lowest BCUT2D eigenvalue weighted by Crippen LogP contribution is -2.46. The first-order valence-electron chi connectivity index (χ1n) is 11.8. The molecule has 180 valence electrons. The van der Waals surface area contributed by atoms with Gasteiger partial charge in [-0.3, -0.25) is 9.88 Å². The first-order chi connectivity index (χ1) is 16.4. The van der Waals surface area contributed by atoms with E-state index >= 15 is 0 Å². The van der Waals surface area contributed by atoms with Crippen molar-refractivity contribution in [3.8, 4) is 11.3 Å². The Bertz CT molecular complexity index is 1090. The van der Waals surface area contributed by atoms with E-state index < -0.39 is 12.5 Å². The quantitative estimate of drug-likeness (QED) is 0.549. The molecule has 4 heterocycles. The molecule has 34 heavy (non-hydrogen) atoms. The third-order valence-corrected chi connectivity index (χ3v) is 6.63. The number of halogens is 2. The highest BCUT2D eigenvalue weighted by molar-refractivity contribution is 5.67. The van der Waals surface area contributed by atoms with Crippen molar-refractivity contribution in [3.63, 3.8) is 0 Å². The van der Waals surface area contributed by atoms with E-state index in [1.54, 1.807) is 4.68 Å². The van der Waals surface area contributed by atoms with Gasteiger partial charge in [-0.15, -0.1) is 5.10 Å². The summed E-state index contributed by atoms with van der Waals surface area (Å²) in [6, 6.07) is 12.5. The number of anilines is 1. The largest absolute Gasteiger partial charge is 0.370 e. The van der Waals surface area contributed by atoms with Crippen LogP contribution in [0.3, 0.4) is 0 Å². The zero-order valence-electron chi connectivity index (χ0n) is 19.4. The summed E-state index contributed by atoms with van der Waals surface area (Å²) in [5.41, 5.74) is 5.26. The Morgan fingerprint density at radius 2 is 1.97 bits per heavy atom. The molecule has 2 saturated heterocycles. The summed E-state index contributed by atoms with van der Waals surface area (Å²) in [5, 5.41) is 8.51. The first kappa shape index (κ1) is 22.9. The average molecular weight is 469 g/mol. The molecule has 1 atom stereocenters. The highest BCUT2D eigenvalue weighted by Crippen LogP contribution is 2.30. The number of aryl methyl sites for hydroxylation is 1. The number of hydrogen-bond acceptors (Lipinski definition) is 6. The van der Waals surface area contributed by atoms with Crippen molar-refractivity contribution in [1.29, 1.82) is 0 Å². The molecule has 0 N–H and O–H groups in total. The minimum absolute atomic E-state index is 0.142. The van der Waals surface area contributed by atoms with Gasteiger partial charge in [-0.1, -0.05) is 17.3 Å². The number of alkyl halides is 2. The third kappa shape index (κ3) is 5.42. The number of ether oxygens (including phenoxy) is 1. The number of pyridine rings is 1. The van der Waals surface area contributed by atoms with Gasteiger partial charge in [0.2, 0.25) is 0 Å². The van der Waals surface area contributed by atoms with Crippen LogP contribution in [0.2, 0.25) is 0 Å². The van der Waals surface area contributed by atoms with Crippen LogP contribution in [0.25, 0.3) is 11.3 Å². The van der Waals surface area contributed by atoms with Gasteiger partial charge in [-0.05, 0) is 43.2 Å². The predicted molar refractivity (Wildman–Crippen MR) is 126 cm³/mol. The van der Waals surface area contributed by atoms with Gasteiger partial charge in [0.05, 0.1) is 24.5 Å². The minimum Gasteiger partial charge on any atom is -0.370 e. The fraction of sp³-hybridized carbons (Fsp3) is 0.480. The van der Waals surface area contributed by atoms with Crippen molar-refractivity contribution in [2.24, 2.45) is 0 Å². The zero-order chi connectivity index (χ0) is 23.5. The summed E-state index contributed by atoms with van der Waals surface area (Å²) in [6.45, 7) is 6.84. The molecule has 0 amide bonds. The number of nitrogens with zero attached hydrogens (tertiary/aromatic N) is 6. The summed E-state index contributed by atoms with van der Waals surface area (Å²) in [5.74, 6) is -2.71. The van der Waals surface area contributed by atoms with Gasteiger partial charge in [0, 0.05) is 56.6 Å². The summed E-state index contributed by atoms with van der Waals surface area (Å²) < 4.78 is 33.6. The number of rotatable bonds is 6. The molecule has 3 aromatic rings. The summed E-state index contributed by atoms with van der Waals surface area (Å²) in [4.78, 5) is 9.29. The van der Waals surface area contributed by atoms with Crippen molar-refractivity contribution in [2.75, 3.05) is 37.7 Å². The van der Waals surface area contributed by atoms with Crippen LogP contribution in [0.4, 0.5) is 14.5 Å². The summed E-state index contributed by atoms with van der Waals surface area (Å²) in [6.07, 6.45) is 3.64. The van der Waals surface area contributed by atoms with E-state index in [-0.39, 0.29) is 12.5 Å². The molecule has 0 aliphatic carbocycles. The molecule has 2 aliphatic heterocycles. The second-order valence-electron chi connectivity index (χ2n) is 9.24. The van der Waals surface area contributed by atoms with Gasteiger partial charge in [0.15, 0.2) is 0 Å². The van der Waals surface area contributed by atoms with Gasteiger partial charge in [-0.25, -0.2) is 13.5 Å². The monoisotopic (exact) mass is 468 g/mol. The molecule has 2 aliphatic rings. The van der Waals surface area contributed by atoms with E-state index in [0.29, 0.717) is 13.0 Å². The normalized spacial score (nSPS) is 21.0. The van der Waals surface area contributed by atoms with E-state index in [2.05, 4.69) is 56.3 Å². The van der Waals surface area contributed by atoms with Crippen LogP contribution in [0.15, 0.2) is 48.8 Å². The molecule has 9 heteroatoms. The molecular formula is C25H30F2N6O. The molecule has 0 radical (unpaired) electrons. The first-order valence-corrected chi connectivity index (χ1v) is 11.8. The van der Waals surface area contributed by atoms with Crippen molar-refractivity contribution >= 4 is 5.69 Å². The highest BCUT2D eigenvalue weighted by Gasteiger charge is 2.36. The zero-order valence-corrected chi connectivity index (χ0v) is 19.4. The molecule has 5 rings (SSSR count). The Labute approximate surface area is 198 Å². The molecule has 0 spiro atoms. The van der Waals surface area contributed by atoms with Crippen molar-refractivity contribution in [1.82, 2.24) is 24.9 Å². The van der Waals surface area contributed by atoms with Crippen molar-refractivity contribution < 1.29 is 13.5 Å². The fourth-order valence-corrected chi connectivity index (χ4v) is 4.65. The molecule has 1 aromatic carbocycles. The number of aromatic nitrogens is 4. The Morgan fingerprint density at radius 1 is 1.12 bits per heavy atom. The van der Waals surface area contributed by atoms with Crippen LogP contribution in [-0.4, -0.2) is 69.7 Å². The highest BCUT2D eigenvalue weighted by atomic mass is 19.3. The van der Waals surface area contributed by atoms with Crippen LogP contribution in [0, 0.1) is 6.92 Å². The van der Waals surface area contributed by atoms with Gasteiger partial charge >= 0.3 is 0 Å². The van der Waals surface area contributed by atoms with Crippen LogP contribution < -0.4 is 4.90 Å². The Kier molecular flexibility index (Phi) is 6.56. The van der Waals surface area contributed by atoms with Crippen LogP contribution in [0.1, 0.15) is 24.1 Å². The molecule has 0 saturated carbocycles. The van der Waals surface area contributed by atoms with E-state index in [9.17, 15) is 8.78 Å². The van der Waals surface area contributed by atoms with Crippen molar-refractivity contribution in [2.45, 2.75) is 44.9 Å². The van der Waals surface area contributed by atoms with E-state index in [4.69, 9.17) is 4.74 Å².